The van der Waals surface area contributed by atoms with Crippen molar-refractivity contribution < 1.29 is 19.4 Å². The summed E-state index contributed by atoms with van der Waals surface area (Å²) in [6, 6.07) is 5.61. The lowest BCUT2D eigenvalue weighted by Crippen LogP contribution is -2.06. The summed E-state index contributed by atoms with van der Waals surface area (Å²) in [4.78, 5) is 15.0. The molecule has 0 radical (unpaired) electrons. The van der Waals surface area contributed by atoms with E-state index in [0.717, 1.165) is 11.3 Å². The number of hydrogen-bond acceptors (Lipinski definition) is 4. The second kappa shape index (κ2) is 5.33. The summed E-state index contributed by atoms with van der Waals surface area (Å²) in [5.74, 6) is -0.442. The van der Waals surface area contributed by atoms with Crippen LogP contribution < -0.4 is 5.32 Å². The highest BCUT2D eigenvalue weighted by molar-refractivity contribution is 7.16. The standard InChI is InChI=1S/C12H11FN2O3S/c1-6-10(19-11(14-6)15-12(17)18)9(16)7-3-2-4-8(13)5-7/h2-5,9,16H,1H3,(H,14,15)(H,17,18). The van der Waals surface area contributed by atoms with Gasteiger partial charge in [0.05, 0.1) is 10.6 Å². The molecule has 2 rings (SSSR count). The van der Waals surface area contributed by atoms with Crippen LogP contribution in [0.4, 0.5) is 14.3 Å². The smallest absolute Gasteiger partial charge is 0.410 e. The number of nitrogens with one attached hydrogen (secondary N) is 1. The van der Waals surface area contributed by atoms with Crippen molar-refractivity contribution in [2.24, 2.45) is 0 Å². The van der Waals surface area contributed by atoms with Crippen molar-refractivity contribution in [3.05, 3.63) is 46.2 Å². The van der Waals surface area contributed by atoms with Gasteiger partial charge in [-0.15, -0.1) is 0 Å². The molecular weight excluding hydrogens is 271 g/mol. The van der Waals surface area contributed by atoms with Gasteiger partial charge in [0.2, 0.25) is 0 Å². The molecule has 1 atom stereocenters. The van der Waals surface area contributed by atoms with E-state index in [0.29, 0.717) is 16.1 Å². The van der Waals surface area contributed by atoms with Crippen LogP contribution in [-0.4, -0.2) is 21.3 Å². The molecule has 7 heteroatoms. The Hall–Kier alpha value is -1.99. The summed E-state index contributed by atoms with van der Waals surface area (Å²) < 4.78 is 13.1. The lowest BCUT2D eigenvalue weighted by molar-refractivity contribution is 0.209. The number of halogens is 1. The fourth-order valence-corrected chi connectivity index (χ4v) is 2.61. The number of rotatable bonds is 3. The third-order valence-electron chi connectivity index (χ3n) is 2.46. The monoisotopic (exact) mass is 282 g/mol. The van der Waals surface area contributed by atoms with E-state index in [9.17, 15) is 14.3 Å². The molecule has 5 nitrogen and oxygen atoms in total. The molecule has 0 saturated carbocycles. The number of hydrogen-bond donors (Lipinski definition) is 3. The first kappa shape index (κ1) is 13.4. The minimum absolute atomic E-state index is 0.176. The fraction of sp³-hybridized carbons (Fsp3) is 0.167. The predicted molar refractivity (Wildman–Crippen MR) is 69.0 cm³/mol. The van der Waals surface area contributed by atoms with Gasteiger partial charge in [-0.1, -0.05) is 23.5 Å². The summed E-state index contributed by atoms with van der Waals surface area (Å²) in [7, 11) is 0. The molecule has 1 aromatic heterocycles. The number of anilines is 1. The zero-order valence-corrected chi connectivity index (χ0v) is 10.7. The van der Waals surface area contributed by atoms with Crippen molar-refractivity contribution in [3.63, 3.8) is 0 Å². The quantitative estimate of drug-likeness (QED) is 0.808. The molecule has 1 heterocycles. The molecule has 2 aromatic rings. The third-order valence-corrected chi connectivity index (χ3v) is 3.58. The van der Waals surface area contributed by atoms with Gasteiger partial charge in [0.25, 0.3) is 0 Å². The number of aliphatic hydroxyl groups excluding tert-OH is 1. The van der Waals surface area contributed by atoms with Gasteiger partial charge >= 0.3 is 6.09 Å². The van der Waals surface area contributed by atoms with Crippen LogP contribution in [0.2, 0.25) is 0 Å². The average Bonchev–Trinajstić information content (AvgIpc) is 2.68. The Balaban J connectivity index is 2.31. The number of benzene rings is 1. The van der Waals surface area contributed by atoms with Crippen molar-refractivity contribution in [2.75, 3.05) is 5.32 Å². The van der Waals surface area contributed by atoms with Crippen LogP contribution in [-0.2, 0) is 0 Å². The minimum atomic E-state index is -1.22. The van der Waals surface area contributed by atoms with Crippen LogP contribution in [0.3, 0.4) is 0 Å². The molecule has 0 aliphatic heterocycles. The highest BCUT2D eigenvalue weighted by atomic mass is 32.1. The minimum Gasteiger partial charge on any atom is -0.465 e. The largest absolute Gasteiger partial charge is 0.465 e. The number of carboxylic acid groups (broad SMARTS) is 1. The Morgan fingerprint density at radius 3 is 2.89 bits per heavy atom. The average molecular weight is 282 g/mol. The first-order valence-corrected chi connectivity index (χ1v) is 6.20. The highest BCUT2D eigenvalue weighted by Crippen LogP contribution is 2.32. The first-order valence-electron chi connectivity index (χ1n) is 5.38. The Bertz CT molecular complexity index is 615. The zero-order valence-electron chi connectivity index (χ0n) is 9.92. The molecule has 19 heavy (non-hydrogen) atoms. The van der Waals surface area contributed by atoms with Crippen molar-refractivity contribution >= 4 is 22.6 Å². The highest BCUT2D eigenvalue weighted by Gasteiger charge is 2.19. The van der Waals surface area contributed by atoms with Crippen LogP contribution in [0, 0.1) is 12.7 Å². The molecule has 0 saturated heterocycles. The van der Waals surface area contributed by atoms with E-state index >= 15 is 0 Å². The van der Waals surface area contributed by atoms with Crippen LogP contribution in [0.1, 0.15) is 22.2 Å². The van der Waals surface area contributed by atoms with Crippen molar-refractivity contribution in [1.82, 2.24) is 4.98 Å². The molecule has 0 aliphatic rings. The number of aryl methyl sites for hydroxylation is 1. The van der Waals surface area contributed by atoms with Gasteiger partial charge < -0.3 is 10.2 Å². The fourth-order valence-electron chi connectivity index (χ4n) is 1.63. The molecule has 1 amide bonds. The number of aromatic nitrogens is 1. The third kappa shape index (κ3) is 3.07. The van der Waals surface area contributed by atoms with Crippen LogP contribution in [0.25, 0.3) is 0 Å². The van der Waals surface area contributed by atoms with Crippen LogP contribution >= 0.6 is 11.3 Å². The van der Waals surface area contributed by atoms with Gasteiger partial charge in [-0.3, -0.25) is 5.32 Å². The summed E-state index contributed by atoms with van der Waals surface area (Å²) in [6.45, 7) is 1.65. The molecular formula is C12H11FN2O3S. The van der Waals surface area contributed by atoms with Crippen molar-refractivity contribution in [1.29, 1.82) is 0 Å². The SMILES string of the molecule is Cc1nc(NC(=O)O)sc1C(O)c1cccc(F)c1. The van der Waals surface area contributed by atoms with E-state index in [1.807, 2.05) is 0 Å². The molecule has 1 aromatic carbocycles. The molecule has 100 valence electrons. The normalized spacial score (nSPS) is 12.2. The van der Waals surface area contributed by atoms with Gasteiger partial charge in [-0.25, -0.2) is 14.2 Å². The van der Waals surface area contributed by atoms with Gasteiger partial charge in [-0.05, 0) is 24.6 Å². The van der Waals surface area contributed by atoms with Crippen LogP contribution in [0.15, 0.2) is 24.3 Å². The molecule has 0 spiro atoms. The Morgan fingerprint density at radius 1 is 1.53 bits per heavy atom. The molecule has 0 bridgehead atoms. The molecule has 3 N–H and O–H groups in total. The van der Waals surface area contributed by atoms with E-state index in [1.165, 1.54) is 18.2 Å². The lowest BCUT2D eigenvalue weighted by atomic mass is 10.1. The lowest BCUT2D eigenvalue weighted by Gasteiger charge is -2.09. The van der Waals surface area contributed by atoms with Gasteiger partial charge in [0.1, 0.15) is 11.9 Å². The molecule has 1 unspecified atom stereocenters. The Kier molecular flexibility index (Phi) is 3.77. The zero-order chi connectivity index (χ0) is 14.0. The maximum Gasteiger partial charge on any atom is 0.410 e. The molecule has 0 aliphatic carbocycles. The van der Waals surface area contributed by atoms with Crippen molar-refractivity contribution in [2.45, 2.75) is 13.0 Å². The van der Waals surface area contributed by atoms with E-state index in [2.05, 4.69) is 10.3 Å². The Labute approximate surface area is 112 Å². The maximum absolute atomic E-state index is 13.1. The number of nitrogens with zero attached hydrogens (tertiary/aromatic N) is 1. The van der Waals surface area contributed by atoms with Gasteiger partial charge in [0, 0.05) is 0 Å². The maximum atomic E-state index is 13.1. The number of aliphatic hydroxyl groups is 1. The van der Waals surface area contributed by atoms with Crippen molar-refractivity contribution in [3.8, 4) is 0 Å². The number of carbonyl (C=O) groups is 1. The van der Waals surface area contributed by atoms with Gasteiger partial charge in [0.15, 0.2) is 5.13 Å². The van der Waals surface area contributed by atoms with E-state index in [-0.39, 0.29) is 5.13 Å². The predicted octanol–water partition coefficient (Wildman–Crippen LogP) is 2.76. The topological polar surface area (TPSA) is 82.5 Å². The van der Waals surface area contributed by atoms with E-state index < -0.39 is 18.0 Å². The molecule has 0 fully saturated rings. The summed E-state index contributed by atoms with van der Waals surface area (Å²) in [6.07, 6.45) is -2.25. The van der Waals surface area contributed by atoms with Crippen LogP contribution in [0.5, 0.6) is 0 Å². The first-order chi connectivity index (χ1) is 8.97. The number of amides is 1. The second-order valence-electron chi connectivity index (χ2n) is 3.86. The summed E-state index contributed by atoms with van der Waals surface area (Å²) in [5, 5.41) is 21.1. The number of thiazole rings is 1. The van der Waals surface area contributed by atoms with Gasteiger partial charge in [-0.2, -0.15) is 0 Å². The summed E-state index contributed by atoms with van der Waals surface area (Å²) in [5.41, 5.74) is 0.902. The summed E-state index contributed by atoms with van der Waals surface area (Å²) >= 11 is 1.02. The van der Waals surface area contributed by atoms with E-state index in [4.69, 9.17) is 5.11 Å². The van der Waals surface area contributed by atoms with E-state index in [1.54, 1.807) is 13.0 Å². The second-order valence-corrected chi connectivity index (χ2v) is 4.89. The Morgan fingerprint density at radius 2 is 2.26 bits per heavy atom.